The van der Waals surface area contributed by atoms with Gasteiger partial charge in [0.05, 0.1) is 12.0 Å². The Kier molecular flexibility index (Phi) is 6.19. The fraction of sp³-hybridized carbons (Fsp3) is 0.304. The van der Waals surface area contributed by atoms with Crippen molar-refractivity contribution in [2.75, 3.05) is 17.6 Å². The number of hydrogen-bond acceptors (Lipinski definition) is 9. The second-order valence-electron chi connectivity index (χ2n) is 8.11. The number of nitrogens with one attached hydrogen (secondary N) is 1. The van der Waals surface area contributed by atoms with Crippen molar-refractivity contribution in [2.45, 2.75) is 30.6 Å². The van der Waals surface area contributed by atoms with E-state index in [1.807, 2.05) is 42.5 Å². The topological polar surface area (TPSA) is 96.8 Å². The first kappa shape index (κ1) is 21.7. The number of carbonyl (C=O) groups is 1. The van der Waals surface area contributed by atoms with Crippen LogP contribution in [0, 0.1) is 5.92 Å². The van der Waals surface area contributed by atoms with Gasteiger partial charge in [-0.1, -0.05) is 55.1 Å². The van der Waals surface area contributed by atoms with Crippen molar-refractivity contribution in [1.82, 2.24) is 15.2 Å². The fourth-order valence-electron chi connectivity index (χ4n) is 3.54. The summed E-state index contributed by atoms with van der Waals surface area (Å²) in [5, 5.41) is 19.5. The monoisotopic (exact) mass is 481 g/mol. The van der Waals surface area contributed by atoms with E-state index in [1.54, 1.807) is 6.26 Å². The first-order valence-corrected chi connectivity index (χ1v) is 12.5. The number of carbonyl (C=O) groups excluding carboxylic acids is 1. The SMILES string of the molecule is CC(C)CNc1nnc(SCC(=O)N2N=C(c3cc4ccccc4o3)CC2c2ccco2)s1. The summed E-state index contributed by atoms with van der Waals surface area (Å²) in [6, 6.07) is 13.1. The normalized spacial score (nSPS) is 16.0. The highest BCUT2D eigenvalue weighted by atomic mass is 32.2. The smallest absolute Gasteiger partial charge is 0.253 e. The lowest BCUT2D eigenvalue weighted by Gasteiger charge is -2.19. The van der Waals surface area contributed by atoms with E-state index in [9.17, 15) is 4.79 Å². The van der Waals surface area contributed by atoms with Crippen LogP contribution < -0.4 is 5.32 Å². The van der Waals surface area contributed by atoms with E-state index in [1.165, 1.54) is 28.1 Å². The number of furan rings is 2. The third-order valence-corrected chi connectivity index (χ3v) is 7.13. The Morgan fingerprint density at radius 1 is 1.27 bits per heavy atom. The molecule has 0 fully saturated rings. The summed E-state index contributed by atoms with van der Waals surface area (Å²) in [7, 11) is 0. The van der Waals surface area contributed by atoms with Crippen LogP contribution in [0.5, 0.6) is 0 Å². The number of aromatic nitrogens is 2. The number of anilines is 1. The van der Waals surface area contributed by atoms with Crippen molar-refractivity contribution in [3.8, 4) is 0 Å². The van der Waals surface area contributed by atoms with E-state index in [0.717, 1.165) is 32.7 Å². The van der Waals surface area contributed by atoms with Crippen molar-refractivity contribution in [2.24, 2.45) is 11.0 Å². The molecular formula is C23H23N5O3S2. The molecule has 1 unspecified atom stereocenters. The Bertz CT molecular complexity index is 1250. The van der Waals surface area contributed by atoms with Gasteiger partial charge < -0.3 is 14.2 Å². The van der Waals surface area contributed by atoms with Crippen molar-refractivity contribution < 1.29 is 13.6 Å². The number of para-hydroxylation sites is 1. The Labute approximate surface area is 199 Å². The Morgan fingerprint density at radius 3 is 2.94 bits per heavy atom. The molecule has 0 aliphatic carbocycles. The summed E-state index contributed by atoms with van der Waals surface area (Å²) in [6.45, 7) is 5.10. The predicted molar refractivity (Wildman–Crippen MR) is 130 cm³/mol. The van der Waals surface area contributed by atoms with E-state index in [-0.39, 0.29) is 17.7 Å². The van der Waals surface area contributed by atoms with E-state index in [2.05, 4.69) is 34.5 Å². The van der Waals surface area contributed by atoms with Gasteiger partial charge >= 0.3 is 0 Å². The average Bonchev–Trinajstić information content (AvgIpc) is 3.60. The second-order valence-corrected chi connectivity index (χ2v) is 10.3. The summed E-state index contributed by atoms with van der Waals surface area (Å²) in [4.78, 5) is 13.2. The molecule has 10 heteroatoms. The molecule has 170 valence electrons. The molecule has 33 heavy (non-hydrogen) atoms. The molecule has 0 spiro atoms. The van der Waals surface area contributed by atoms with E-state index in [4.69, 9.17) is 8.83 Å². The zero-order chi connectivity index (χ0) is 22.8. The molecule has 0 radical (unpaired) electrons. The lowest BCUT2D eigenvalue weighted by Crippen LogP contribution is -2.28. The number of rotatable bonds is 8. The van der Waals surface area contributed by atoms with Crippen LogP contribution in [0.4, 0.5) is 5.13 Å². The lowest BCUT2D eigenvalue weighted by molar-refractivity contribution is -0.130. The number of thioether (sulfide) groups is 1. The number of fused-ring (bicyclic) bond motifs is 1. The summed E-state index contributed by atoms with van der Waals surface area (Å²) in [6.07, 6.45) is 2.13. The van der Waals surface area contributed by atoms with Crippen LogP contribution in [-0.2, 0) is 4.79 Å². The van der Waals surface area contributed by atoms with Crippen LogP contribution in [-0.4, -0.2) is 39.1 Å². The molecule has 3 aromatic heterocycles. The minimum absolute atomic E-state index is 0.126. The van der Waals surface area contributed by atoms with Crippen molar-refractivity contribution in [3.05, 3.63) is 60.2 Å². The molecule has 4 aromatic rings. The summed E-state index contributed by atoms with van der Waals surface area (Å²) in [5.41, 5.74) is 1.52. The fourth-order valence-corrected chi connectivity index (χ4v) is 5.15. The molecule has 8 nitrogen and oxygen atoms in total. The van der Waals surface area contributed by atoms with Gasteiger partial charge in [0.1, 0.15) is 23.1 Å². The maximum absolute atomic E-state index is 13.2. The second kappa shape index (κ2) is 9.40. The minimum Gasteiger partial charge on any atom is -0.467 e. The maximum Gasteiger partial charge on any atom is 0.253 e. The number of nitrogens with zero attached hydrogens (tertiary/aromatic N) is 4. The molecule has 5 rings (SSSR count). The number of hydrogen-bond donors (Lipinski definition) is 1. The highest BCUT2D eigenvalue weighted by molar-refractivity contribution is 8.01. The highest BCUT2D eigenvalue weighted by Gasteiger charge is 2.36. The Balaban J connectivity index is 1.32. The molecular weight excluding hydrogens is 458 g/mol. The van der Waals surface area contributed by atoms with Gasteiger partial charge in [0.25, 0.3) is 5.91 Å². The summed E-state index contributed by atoms with van der Waals surface area (Å²) in [5.74, 6) is 1.95. The summed E-state index contributed by atoms with van der Waals surface area (Å²) < 4.78 is 12.3. The van der Waals surface area contributed by atoms with E-state index < -0.39 is 0 Å². The quantitative estimate of drug-likeness (QED) is 0.336. The standard InChI is InChI=1S/C23H23N5O3S2/c1-14(2)12-24-22-25-26-23(33-22)32-13-21(29)28-17(19-8-5-9-30-19)11-16(27-28)20-10-15-6-3-4-7-18(15)31-20/h3-10,14,17H,11-13H2,1-2H3,(H,24,25). The molecule has 0 bridgehead atoms. The van der Waals surface area contributed by atoms with Crippen LogP contribution >= 0.6 is 23.1 Å². The van der Waals surface area contributed by atoms with E-state index >= 15 is 0 Å². The molecule has 1 aliphatic rings. The van der Waals surface area contributed by atoms with Gasteiger partial charge in [-0.05, 0) is 30.2 Å². The van der Waals surface area contributed by atoms with Gasteiger partial charge in [0, 0.05) is 18.4 Å². The zero-order valence-corrected chi connectivity index (χ0v) is 19.9. The number of hydrazone groups is 1. The molecule has 1 aliphatic heterocycles. The third-order valence-electron chi connectivity index (χ3n) is 5.13. The van der Waals surface area contributed by atoms with Crippen LogP contribution in [0.1, 0.15) is 37.8 Å². The van der Waals surface area contributed by atoms with Crippen LogP contribution in [0.3, 0.4) is 0 Å². The zero-order valence-electron chi connectivity index (χ0n) is 18.2. The maximum atomic E-state index is 13.2. The Hall–Kier alpha value is -3.11. The minimum atomic E-state index is -0.311. The molecule has 1 aromatic carbocycles. The predicted octanol–water partition coefficient (Wildman–Crippen LogP) is 5.42. The van der Waals surface area contributed by atoms with Gasteiger partial charge in [0.15, 0.2) is 10.1 Å². The third kappa shape index (κ3) is 4.81. The van der Waals surface area contributed by atoms with Gasteiger partial charge in [-0.2, -0.15) is 5.10 Å². The average molecular weight is 482 g/mol. The molecule has 1 N–H and O–H groups in total. The van der Waals surface area contributed by atoms with Crippen molar-refractivity contribution in [1.29, 1.82) is 0 Å². The summed E-state index contributed by atoms with van der Waals surface area (Å²) >= 11 is 2.81. The van der Waals surface area contributed by atoms with Crippen LogP contribution in [0.2, 0.25) is 0 Å². The largest absolute Gasteiger partial charge is 0.467 e. The van der Waals surface area contributed by atoms with Crippen LogP contribution in [0.15, 0.2) is 67.0 Å². The molecule has 0 saturated heterocycles. The first-order valence-electron chi connectivity index (χ1n) is 10.7. The van der Waals surface area contributed by atoms with Gasteiger partial charge in [-0.3, -0.25) is 4.79 Å². The van der Waals surface area contributed by atoms with Gasteiger partial charge in [-0.25, -0.2) is 5.01 Å². The molecule has 1 amide bonds. The lowest BCUT2D eigenvalue weighted by atomic mass is 10.1. The highest BCUT2D eigenvalue weighted by Crippen LogP contribution is 2.35. The first-order chi connectivity index (χ1) is 16.1. The molecule has 1 atom stereocenters. The number of amides is 1. The molecule has 4 heterocycles. The number of benzene rings is 1. The molecule has 0 saturated carbocycles. The van der Waals surface area contributed by atoms with Crippen molar-refractivity contribution in [3.63, 3.8) is 0 Å². The van der Waals surface area contributed by atoms with E-state index in [0.29, 0.717) is 23.9 Å². The van der Waals surface area contributed by atoms with Gasteiger partial charge in [0.2, 0.25) is 5.13 Å². The Morgan fingerprint density at radius 2 is 2.15 bits per heavy atom. The van der Waals surface area contributed by atoms with Crippen molar-refractivity contribution >= 4 is 50.8 Å². The van der Waals surface area contributed by atoms with Gasteiger partial charge in [-0.15, -0.1) is 10.2 Å². The van der Waals surface area contributed by atoms with Crippen LogP contribution in [0.25, 0.3) is 11.0 Å².